The molecule has 0 bridgehead atoms. The average molecular weight is 1520 g/mol. The Morgan fingerprint density at radius 3 is 0.583 bits per heavy atom. The van der Waals surface area contributed by atoms with E-state index in [0.29, 0.717) is 38.5 Å². The van der Waals surface area contributed by atoms with Gasteiger partial charge < -0.3 is 29.2 Å². The molecular weight excluding hydrogens is 1350 g/mol. The fourth-order valence-electron chi connectivity index (χ4n) is 14.6. The van der Waals surface area contributed by atoms with E-state index in [9.17, 15) is 33.9 Å². The summed E-state index contributed by atoms with van der Waals surface area (Å²) < 4.78 is 24.6. The van der Waals surface area contributed by atoms with Crippen LogP contribution >= 0.6 is 0 Å². The third kappa shape index (κ3) is 70.6. The quantitative estimate of drug-likeness (QED) is 0.0255. The number of aliphatic carboxylic acids is 2. The second kappa shape index (κ2) is 83.5. The minimum atomic E-state index is -1.80. The zero-order chi connectivity index (χ0) is 78.6. The lowest BCUT2D eigenvalue weighted by atomic mass is 9.64. The van der Waals surface area contributed by atoms with Crippen molar-refractivity contribution < 1.29 is 57.9 Å². The van der Waals surface area contributed by atoms with Crippen LogP contribution < -0.4 is 0 Å². The molecule has 12 heteroatoms. The van der Waals surface area contributed by atoms with Crippen LogP contribution in [0.4, 0.5) is 0 Å². The first-order valence-corrected chi connectivity index (χ1v) is 46.3. The van der Waals surface area contributed by atoms with Gasteiger partial charge in [0.1, 0.15) is 0 Å². The molecule has 0 saturated carbocycles. The van der Waals surface area contributed by atoms with Crippen LogP contribution in [0.15, 0.2) is 60.8 Å². The molecule has 0 aliphatic heterocycles. The van der Waals surface area contributed by atoms with Gasteiger partial charge in [0.15, 0.2) is 0 Å². The summed E-state index contributed by atoms with van der Waals surface area (Å²) in [6.45, 7) is 7.70. The van der Waals surface area contributed by atoms with Gasteiger partial charge in [-0.2, -0.15) is 0 Å². The maximum Gasteiger partial charge on any atom is 0.310 e. The van der Waals surface area contributed by atoms with Crippen LogP contribution in [-0.4, -0.2) is 72.5 Å². The first kappa shape index (κ1) is 104. The topological polar surface area (TPSA) is 180 Å². The number of carbonyl (C=O) groups is 6. The van der Waals surface area contributed by atoms with Crippen molar-refractivity contribution in [2.24, 2.45) is 17.3 Å². The number of hydrogen-bond acceptors (Lipinski definition) is 10. The van der Waals surface area contributed by atoms with Crippen molar-refractivity contribution >= 4 is 35.8 Å². The van der Waals surface area contributed by atoms with Crippen LogP contribution in [0.1, 0.15) is 471 Å². The molecule has 0 rings (SSSR count). The normalized spacial score (nSPS) is 12.1. The van der Waals surface area contributed by atoms with E-state index >= 15 is 0 Å². The Bertz CT molecular complexity index is 1950. The summed E-state index contributed by atoms with van der Waals surface area (Å²) in [5.74, 6) is -5.77. The molecule has 0 aromatic heterocycles. The molecule has 2 N–H and O–H groups in total. The van der Waals surface area contributed by atoms with E-state index in [1.54, 1.807) is 0 Å². The number of carboxylic acid groups (broad SMARTS) is 2. The fraction of sp³-hybridized carbons (Fsp3) is 0.833. The van der Waals surface area contributed by atoms with Crippen molar-refractivity contribution in [3.63, 3.8) is 0 Å². The van der Waals surface area contributed by atoms with Crippen LogP contribution in [0.3, 0.4) is 0 Å². The van der Waals surface area contributed by atoms with Gasteiger partial charge in [-0.15, -0.1) is 0 Å². The largest absolute Gasteiger partial charge is 0.481 e. The van der Waals surface area contributed by atoms with Gasteiger partial charge in [0.05, 0.1) is 31.8 Å². The Hall–Kier alpha value is -4.48. The lowest BCUT2D eigenvalue weighted by molar-refractivity contribution is -0.180. The van der Waals surface area contributed by atoms with Gasteiger partial charge in [-0.3, -0.25) is 28.8 Å². The summed E-state index contributed by atoms with van der Waals surface area (Å²) in [6.07, 6.45) is 92.4. The van der Waals surface area contributed by atoms with Gasteiger partial charge >= 0.3 is 35.8 Å². The molecule has 628 valence electrons. The molecule has 0 spiro atoms. The second-order valence-electron chi connectivity index (χ2n) is 31.9. The van der Waals surface area contributed by atoms with Crippen LogP contribution in [0.5, 0.6) is 0 Å². The maximum atomic E-state index is 14.8. The zero-order valence-corrected chi connectivity index (χ0v) is 71.0. The fourth-order valence-corrected chi connectivity index (χ4v) is 14.6. The van der Waals surface area contributed by atoms with E-state index < -0.39 is 53.1 Å². The molecule has 12 nitrogen and oxygen atoms in total. The van der Waals surface area contributed by atoms with Crippen LogP contribution in [-0.2, 0) is 47.7 Å². The van der Waals surface area contributed by atoms with E-state index in [0.717, 1.165) is 212 Å². The van der Waals surface area contributed by atoms with Crippen molar-refractivity contribution in [2.45, 2.75) is 471 Å². The van der Waals surface area contributed by atoms with E-state index in [1.165, 1.54) is 154 Å². The summed E-state index contributed by atoms with van der Waals surface area (Å²) in [7, 11) is 0. The SMILES string of the molecule is CCCCCCCC/C=C\CCCCCCCC(=O)OCC(COC(=O)CCCCCCC/C=C\CCCCCCCC)C(CCCCCC/C=C/CCCCCCCC(=O)O)(C(=O)O)C(COC(=O)CCCCCCC/C=C\CCCCCCCC)COC(=O)CCCCCCC/C=C\CCCCCCCC. The van der Waals surface area contributed by atoms with E-state index in [2.05, 4.69) is 88.5 Å². The summed E-state index contributed by atoms with van der Waals surface area (Å²) >= 11 is 0. The van der Waals surface area contributed by atoms with Gasteiger partial charge in [-0.05, 0) is 167 Å². The highest BCUT2D eigenvalue weighted by Gasteiger charge is 2.53. The minimum Gasteiger partial charge on any atom is -0.481 e. The molecule has 0 fully saturated rings. The first-order valence-electron chi connectivity index (χ1n) is 46.3. The lowest BCUT2D eigenvalue weighted by Gasteiger charge is -2.42. The number of rotatable bonds is 86. The molecule has 108 heavy (non-hydrogen) atoms. The predicted molar refractivity (Wildman–Crippen MR) is 455 cm³/mol. The first-order chi connectivity index (χ1) is 53.0. The number of allylic oxidation sites excluding steroid dienone is 10. The number of carboxylic acids is 2. The monoisotopic (exact) mass is 1520 g/mol. The highest BCUT2D eigenvalue weighted by Crippen LogP contribution is 2.44. The third-order valence-corrected chi connectivity index (χ3v) is 21.8. The Morgan fingerprint density at radius 2 is 0.398 bits per heavy atom. The summed E-state index contributed by atoms with van der Waals surface area (Å²) in [5.41, 5.74) is -1.80. The number of ether oxygens (including phenoxy) is 4. The van der Waals surface area contributed by atoms with Crippen molar-refractivity contribution in [1.29, 1.82) is 0 Å². The van der Waals surface area contributed by atoms with Crippen LogP contribution in [0, 0.1) is 17.3 Å². The van der Waals surface area contributed by atoms with Gasteiger partial charge in [-0.1, -0.05) is 332 Å². The van der Waals surface area contributed by atoms with E-state index in [-0.39, 0.29) is 65.0 Å². The summed E-state index contributed by atoms with van der Waals surface area (Å²) in [5, 5.41) is 21.0. The molecular formula is C96H172O12. The Morgan fingerprint density at radius 1 is 0.231 bits per heavy atom. The van der Waals surface area contributed by atoms with E-state index in [1.807, 2.05) is 0 Å². The predicted octanol–water partition coefficient (Wildman–Crippen LogP) is 29.3. The third-order valence-electron chi connectivity index (χ3n) is 21.8. The van der Waals surface area contributed by atoms with E-state index in [4.69, 9.17) is 24.1 Å². The van der Waals surface area contributed by atoms with Crippen LogP contribution in [0.2, 0.25) is 0 Å². The summed E-state index contributed by atoms with van der Waals surface area (Å²) in [6, 6.07) is 0. The highest BCUT2D eigenvalue weighted by molar-refractivity contribution is 5.77. The van der Waals surface area contributed by atoms with Crippen molar-refractivity contribution in [3.05, 3.63) is 60.8 Å². The zero-order valence-electron chi connectivity index (χ0n) is 71.0. The number of hydrogen-bond donors (Lipinski definition) is 2. The molecule has 0 unspecified atom stereocenters. The smallest absolute Gasteiger partial charge is 0.310 e. The number of esters is 4. The van der Waals surface area contributed by atoms with Gasteiger partial charge in [0.2, 0.25) is 0 Å². The molecule has 0 aromatic carbocycles. The Kier molecular flexibility index (Phi) is 80.0. The summed E-state index contributed by atoms with van der Waals surface area (Å²) in [4.78, 5) is 81.3. The Labute approximate surface area is 665 Å². The lowest BCUT2D eigenvalue weighted by Crippen LogP contribution is -2.52. The molecule has 0 amide bonds. The standard InChI is InChI=1S/C96H172O12/c1-5-9-13-17-21-25-29-33-37-43-49-55-61-67-73-79-91(99)105-84-88(85-106-92(100)80-74-68-62-56-50-44-38-34-30-26-22-18-14-10-6-2)96(95(103)104,83-77-71-65-59-53-47-41-42-48-54-60-66-72-78-90(97)98)89(86-107-93(101)81-75-69-63-57-51-45-39-35-31-27-23-19-15-11-7-3)87-108-94(102)82-76-70-64-58-52-46-40-36-32-28-24-20-16-12-8-4/h33-41,47,88-89H,5-32,42-46,48-87H2,1-4H3,(H,97,98)(H,103,104)/b37-33-,38-34-,39-35-,40-36-,47-41+. The molecule has 0 aromatic rings. The van der Waals surface area contributed by atoms with Gasteiger partial charge in [0.25, 0.3) is 0 Å². The van der Waals surface area contributed by atoms with Gasteiger partial charge in [0, 0.05) is 43.9 Å². The number of carbonyl (C=O) groups excluding carboxylic acids is 4. The van der Waals surface area contributed by atoms with Crippen molar-refractivity contribution in [2.75, 3.05) is 26.4 Å². The van der Waals surface area contributed by atoms with Crippen molar-refractivity contribution in [3.8, 4) is 0 Å². The van der Waals surface area contributed by atoms with Crippen LogP contribution in [0.25, 0.3) is 0 Å². The Balaban J connectivity index is 6.76. The number of unbranched alkanes of at least 4 members (excludes halogenated alkanes) is 53. The minimum absolute atomic E-state index is 0.0924. The molecule has 0 saturated heterocycles. The maximum absolute atomic E-state index is 14.8. The molecule has 0 aliphatic rings. The molecule has 0 radical (unpaired) electrons. The molecule has 0 aliphatic carbocycles. The van der Waals surface area contributed by atoms with Gasteiger partial charge in [-0.25, -0.2) is 0 Å². The highest BCUT2D eigenvalue weighted by atomic mass is 16.6. The van der Waals surface area contributed by atoms with Crippen molar-refractivity contribution in [1.82, 2.24) is 0 Å². The average Bonchev–Trinajstić information content (AvgIpc) is 0.778. The molecule has 0 heterocycles. The second-order valence-corrected chi connectivity index (χ2v) is 31.9. The molecule has 0 atom stereocenters.